The second kappa shape index (κ2) is 6.07. The first-order valence-corrected chi connectivity index (χ1v) is 8.36. The molecule has 0 bridgehead atoms. The second-order valence-corrected chi connectivity index (χ2v) is 7.19. The fourth-order valence-electron chi connectivity index (χ4n) is 2.44. The van der Waals surface area contributed by atoms with Crippen molar-refractivity contribution in [1.29, 1.82) is 0 Å². The molecule has 1 atom stereocenters. The van der Waals surface area contributed by atoms with Gasteiger partial charge < -0.3 is 10.3 Å². The zero-order chi connectivity index (χ0) is 13.9. The van der Waals surface area contributed by atoms with Crippen LogP contribution in [0.25, 0.3) is 0 Å². The average molecular weight is 285 g/mol. The van der Waals surface area contributed by atoms with Crippen molar-refractivity contribution >= 4 is 10.0 Å². The van der Waals surface area contributed by atoms with Crippen LogP contribution in [0.2, 0.25) is 0 Å². The summed E-state index contributed by atoms with van der Waals surface area (Å²) < 4.78 is 26.6. The standard InChI is InChI=1S/C13H23N3O2S/c1-3-14-8-12-7-13(9-15-12)19(17,18)16-6-4-5-11(2)10-16/h7,9,11,14-15H,3-6,8,10H2,1-2H3. The Hall–Kier alpha value is -0.850. The Morgan fingerprint density at radius 2 is 2.32 bits per heavy atom. The van der Waals surface area contributed by atoms with Gasteiger partial charge in [-0.05, 0) is 31.4 Å². The molecule has 1 fully saturated rings. The molecule has 1 saturated heterocycles. The maximum Gasteiger partial charge on any atom is 0.244 e. The summed E-state index contributed by atoms with van der Waals surface area (Å²) in [5.41, 5.74) is 0.908. The van der Waals surface area contributed by atoms with E-state index in [1.54, 1.807) is 16.6 Å². The third-order valence-corrected chi connectivity index (χ3v) is 5.38. The summed E-state index contributed by atoms with van der Waals surface area (Å²) in [4.78, 5) is 3.41. The molecule has 1 aromatic rings. The molecule has 0 amide bonds. The van der Waals surface area contributed by atoms with E-state index in [9.17, 15) is 8.42 Å². The Bertz CT molecular complexity index is 510. The third-order valence-electron chi connectivity index (χ3n) is 3.54. The van der Waals surface area contributed by atoms with Crippen LogP contribution in [0.5, 0.6) is 0 Å². The number of hydrogen-bond acceptors (Lipinski definition) is 3. The summed E-state index contributed by atoms with van der Waals surface area (Å²) in [7, 11) is -3.32. The Balaban J connectivity index is 2.12. The van der Waals surface area contributed by atoms with Gasteiger partial charge in [-0.3, -0.25) is 0 Å². The van der Waals surface area contributed by atoms with E-state index in [0.717, 1.165) is 25.1 Å². The fourth-order valence-corrected chi connectivity index (χ4v) is 4.06. The van der Waals surface area contributed by atoms with Crippen LogP contribution in [-0.2, 0) is 16.6 Å². The number of nitrogens with zero attached hydrogens (tertiary/aromatic N) is 1. The lowest BCUT2D eigenvalue weighted by atomic mass is 10.0. The highest BCUT2D eigenvalue weighted by molar-refractivity contribution is 7.89. The number of rotatable bonds is 5. The zero-order valence-electron chi connectivity index (χ0n) is 11.6. The summed E-state index contributed by atoms with van der Waals surface area (Å²) >= 11 is 0. The fraction of sp³-hybridized carbons (Fsp3) is 0.692. The second-order valence-electron chi connectivity index (χ2n) is 5.25. The van der Waals surface area contributed by atoms with Crippen molar-refractivity contribution in [3.05, 3.63) is 18.0 Å². The van der Waals surface area contributed by atoms with E-state index >= 15 is 0 Å². The zero-order valence-corrected chi connectivity index (χ0v) is 12.5. The number of hydrogen-bond donors (Lipinski definition) is 2. The summed E-state index contributed by atoms with van der Waals surface area (Å²) in [5, 5.41) is 3.18. The van der Waals surface area contributed by atoms with Gasteiger partial charge in [0.2, 0.25) is 10.0 Å². The average Bonchev–Trinajstić information content (AvgIpc) is 2.86. The van der Waals surface area contributed by atoms with Crippen LogP contribution in [0.4, 0.5) is 0 Å². The molecular weight excluding hydrogens is 262 g/mol. The van der Waals surface area contributed by atoms with Gasteiger partial charge in [-0.15, -0.1) is 0 Å². The van der Waals surface area contributed by atoms with E-state index in [-0.39, 0.29) is 0 Å². The first kappa shape index (κ1) is 14.6. The molecule has 0 aliphatic carbocycles. The summed E-state index contributed by atoms with van der Waals surface area (Å²) in [6.07, 6.45) is 3.67. The lowest BCUT2D eigenvalue weighted by Gasteiger charge is -2.29. The monoisotopic (exact) mass is 285 g/mol. The highest BCUT2D eigenvalue weighted by Gasteiger charge is 2.29. The summed E-state index contributed by atoms with van der Waals surface area (Å²) in [5.74, 6) is 0.448. The SMILES string of the molecule is CCNCc1cc(S(=O)(=O)N2CCCC(C)C2)c[nH]1. The molecule has 0 radical (unpaired) electrons. The molecule has 2 rings (SSSR count). The van der Waals surface area contributed by atoms with E-state index < -0.39 is 10.0 Å². The molecule has 0 aromatic carbocycles. The predicted octanol–water partition coefficient (Wildman–Crippen LogP) is 1.54. The van der Waals surface area contributed by atoms with Crippen molar-refractivity contribution in [2.75, 3.05) is 19.6 Å². The van der Waals surface area contributed by atoms with Crippen LogP contribution in [0.1, 0.15) is 32.4 Å². The number of aromatic amines is 1. The van der Waals surface area contributed by atoms with Crippen LogP contribution in [0.15, 0.2) is 17.2 Å². The van der Waals surface area contributed by atoms with E-state index in [2.05, 4.69) is 17.2 Å². The first-order valence-electron chi connectivity index (χ1n) is 6.92. The Labute approximate surface area is 115 Å². The van der Waals surface area contributed by atoms with Gasteiger partial charge in [0.05, 0.1) is 4.90 Å². The largest absolute Gasteiger partial charge is 0.363 e. The topological polar surface area (TPSA) is 65.2 Å². The molecule has 2 heterocycles. The van der Waals surface area contributed by atoms with Crippen molar-refractivity contribution < 1.29 is 8.42 Å². The van der Waals surface area contributed by atoms with E-state index in [4.69, 9.17) is 0 Å². The van der Waals surface area contributed by atoms with Gasteiger partial charge in [0.15, 0.2) is 0 Å². The lowest BCUT2D eigenvalue weighted by molar-refractivity contribution is 0.281. The maximum atomic E-state index is 12.5. The van der Waals surface area contributed by atoms with E-state index in [0.29, 0.717) is 30.4 Å². The van der Waals surface area contributed by atoms with E-state index in [1.165, 1.54) is 0 Å². The maximum absolute atomic E-state index is 12.5. The highest BCUT2D eigenvalue weighted by atomic mass is 32.2. The predicted molar refractivity (Wildman–Crippen MR) is 75.3 cm³/mol. The van der Waals surface area contributed by atoms with Crippen LogP contribution in [0.3, 0.4) is 0 Å². The van der Waals surface area contributed by atoms with Gasteiger partial charge in [-0.2, -0.15) is 4.31 Å². The lowest BCUT2D eigenvalue weighted by Crippen LogP contribution is -2.38. The first-order chi connectivity index (χ1) is 9.04. The molecule has 0 spiro atoms. The van der Waals surface area contributed by atoms with Crippen LogP contribution >= 0.6 is 0 Å². The van der Waals surface area contributed by atoms with Gasteiger partial charge in [0.25, 0.3) is 0 Å². The Kier molecular flexibility index (Phi) is 4.65. The Morgan fingerprint density at radius 3 is 3.00 bits per heavy atom. The molecular formula is C13H23N3O2S. The van der Waals surface area contributed by atoms with Crippen molar-refractivity contribution in [1.82, 2.24) is 14.6 Å². The molecule has 2 N–H and O–H groups in total. The smallest absolute Gasteiger partial charge is 0.244 e. The number of H-pyrrole nitrogens is 1. The minimum Gasteiger partial charge on any atom is -0.363 e. The summed E-state index contributed by atoms with van der Waals surface area (Å²) in [6, 6.07) is 1.73. The van der Waals surface area contributed by atoms with E-state index in [1.807, 2.05) is 6.92 Å². The van der Waals surface area contributed by atoms with Gasteiger partial charge in [0, 0.05) is 31.5 Å². The van der Waals surface area contributed by atoms with Crippen LogP contribution in [-0.4, -0.2) is 37.3 Å². The van der Waals surface area contributed by atoms with Crippen molar-refractivity contribution in [2.24, 2.45) is 5.92 Å². The molecule has 1 unspecified atom stereocenters. The molecule has 108 valence electrons. The van der Waals surface area contributed by atoms with Crippen molar-refractivity contribution in [2.45, 2.75) is 38.1 Å². The summed E-state index contributed by atoms with van der Waals surface area (Å²) in [6.45, 7) is 6.94. The van der Waals surface area contributed by atoms with Crippen molar-refractivity contribution in [3.8, 4) is 0 Å². The number of aromatic nitrogens is 1. The molecule has 5 nitrogen and oxygen atoms in total. The molecule has 0 saturated carbocycles. The minimum absolute atomic E-state index is 0.384. The van der Waals surface area contributed by atoms with Gasteiger partial charge >= 0.3 is 0 Å². The molecule has 6 heteroatoms. The highest BCUT2D eigenvalue weighted by Crippen LogP contribution is 2.23. The molecule has 1 aliphatic rings. The minimum atomic E-state index is -3.32. The number of nitrogens with one attached hydrogen (secondary N) is 2. The third kappa shape index (κ3) is 3.38. The van der Waals surface area contributed by atoms with Gasteiger partial charge in [0.1, 0.15) is 0 Å². The number of sulfonamides is 1. The number of piperidine rings is 1. The van der Waals surface area contributed by atoms with Crippen LogP contribution in [0, 0.1) is 5.92 Å². The molecule has 1 aliphatic heterocycles. The van der Waals surface area contributed by atoms with Crippen molar-refractivity contribution in [3.63, 3.8) is 0 Å². The normalized spacial score (nSPS) is 21.7. The van der Waals surface area contributed by atoms with Gasteiger partial charge in [-0.25, -0.2) is 8.42 Å². The Morgan fingerprint density at radius 1 is 1.53 bits per heavy atom. The molecule has 1 aromatic heterocycles. The van der Waals surface area contributed by atoms with Crippen LogP contribution < -0.4 is 5.32 Å². The van der Waals surface area contributed by atoms with Gasteiger partial charge in [-0.1, -0.05) is 13.8 Å². The molecule has 19 heavy (non-hydrogen) atoms. The quantitative estimate of drug-likeness (QED) is 0.862.